The van der Waals surface area contributed by atoms with Crippen LogP contribution in [-0.2, 0) is 0 Å². The molecule has 0 saturated heterocycles. The van der Waals surface area contributed by atoms with E-state index in [9.17, 15) is 5.26 Å². The Balaban J connectivity index is 2.22. The van der Waals surface area contributed by atoms with Gasteiger partial charge in [0.05, 0.1) is 17.4 Å². The number of hydrogen-bond acceptors (Lipinski definition) is 3. The first kappa shape index (κ1) is 13.1. The van der Waals surface area contributed by atoms with Crippen LogP contribution in [0.1, 0.15) is 12.5 Å². The second kappa shape index (κ2) is 5.64. The molecule has 0 saturated carbocycles. The summed E-state index contributed by atoms with van der Waals surface area (Å²) in [6, 6.07) is 18.5. The van der Waals surface area contributed by atoms with Crippen molar-refractivity contribution in [1.29, 1.82) is 5.26 Å². The number of fused-ring (bicyclic) bond motifs is 1. The summed E-state index contributed by atoms with van der Waals surface area (Å²) in [4.78, 5) is 6.31. The van der Waals surface area contributed by atoms with E-state index in [1.807, 2.05) is 18.2 Å². The Hall–Kier alpha value is -2.86. The van der Waals surface area contributed by atoms with Gasteiger partial charge < -0.3 is 4.90 Å². The van der Waals surface area contributed by atoms with Crippen LogP contribution in [0, 0.1) is 11.3 Å². The summed E-state index contributed by atoms with van der Waals surface area (Å²) in [6.07, 6.45) is 3.41. The number of aromatic nitrogens is 1. The molecule has 21 heavy (non-hydrogen) atoms. The zero-order valence-corrected chi connectivity index (χ0v) is 11.8. The van der Waals surface area contributed by atoms with Crippen LogP contribution in [0.5, 0.6) is 0 Å². The van der Waals surface area contributed by atoms with Crippen LogP contribution in [0.4, 0.5) is 11.4 Å². The third-order valence-electron chi connectivity index (χ3n) is 3.58. The smallest absolute Gasteiger partial charge is 0.101 e. The van der Waals surface area contributed by atoms with E-state index in [0.717, 1.165) is 17.9 Å². The first-order valence-corrected chi connectivity index (χ1v) is 6.94. The largest absolute Gasteiger partial charge is 0.339 e. The number of nitriles is 1. The minimum absolute atomic E-state index is 0.639. The van der Waals surface area contributed by atoms with E-state index in [4.69, 9.17) is 0 Å². The SMILES string of the molecule is CCN(c1cnccc1C#N)c1cccc2ccccc12. The number of hydrogen-bond donors (Lipinski definition) is 0. The minimum atomic E-state index is 0.639. The molecule has 0 fully saturated rings. The lowest BCUT2D eigenvalue weighted by Crippen LogP contribution is -2.17. The highest BCUT2D eigenvalue weighted by Crippen LogP contribution is 2.33. The van der Waals surface area contributed by atoms with Gasteiger partial charge in [0.1, 0.15) is 6.07 Å². The Morgan fingerprint density at radius 2 is 1.86 bits per heavy atom. The number of pyridine rings is 1. The van der Waals surface area contributed by atoms with Crippen LogP contribution < -0.4 is 4.90 Å². The molecule has 3 rings (SSSR count). The average Bonchev–Trinajstić information content (AvgIpc) is 2.56. The molecule has 0 bridgehead atoms. The molecule has 3 heteroatoms. The summed E-state index contributed by atoms with van der Waals surface area (Å²) in [6.45, 7) is 2.85. The molecule has 0 aliphatic heterocycles. The summed E-state index contributed by atoms with van der Waals surface area (Å²) in [5.74, 6) is 0. The lowest BCUT2D eigenvalue weighted by Gasteiger charge is -2.25. The van der Waals surface area contributed by atoms with Gasteiger partial charge in [-0.15, -0.1) is 0 Å². The molecule has 0 unspecified atom stereocenters. The summed E-state index contributed by atoms with van der Waals surface area (Å²) in [7, 11) is 0. The predicted molar refractivity (Wildman–Crippen MR) is 85.6 cm³/mol. The first-order chi connectivity index (χ1) is 10.3. The fourth-order valence-electron chi connectivity index (χ4n) is 2.61. The molecule has 3 nitrogen and oxygen atoms in total. The highest BCUT2D eigenvalue weighted by Gasteiger charge is 2.14. The lowest BCUT2D eigenvalue weighted by molar-refractivity contribution is 1.02. The molecule has 0 spiro atoms. The van der Waals surface area contributed by atoms with Gasteiger partial charge in [-0.2, -0.15) is 5.26 Å². The average molecular weight is 273 g/mol. The first-order valence-electron chi connectivity index (χ1n) is 6.94. The van der Waals surface area contributed by atoms with E-state index >= 15 is 0 Å². The van der Waals surface area contributed by atoms with Crippen molar-refractivity contribution in [2.24, 2.45) is 0 Å². The van der Waals surface area contributed by atoms with Crippen molar-refractivity contribution in [3.63, 3.8) is 0 Å². The van der Waals surface area contributed by atoms with Crippen molar-refractivity contribution < 1.29 is 0 Å². The molecule has 2 aromatic carbocycles. The van der Waals surface area contributed by atoms with Crippen LogP contribution in [0.3, 0.4) is 0 Å². The fourth-order valence-corrected chi connectivity index (χ4v) is 2.61. The Morgan fingerprint density at radius 1 is 1.05 bits per heavy atom. The summed E-state index contributed by atoms with van der Waals surface area (Å²) in [5.41, 5.74) is 2.58. The lowest BCUT2D eigenvalue weighted by atomic mass is 10.1. The van der Waals surface area contributed by atoms with E-state index in [1.165, 1.54) is 10.8 Å². The van der Waals surface area contributed by atoms with E-state index < -0.39 is 0 Å². The number of rotatable bonds is 3. The van der Waals surface area contributed by atoms with Crippen molar-refractivity contribution in [1.82, 2.24) is 4.98 Å². The Morgan fingerprint density at radius 3 is 2.67 bits per heavy atom. The second-order valence-corrected chi connectivity index (χ2v) is 4.75. The molecule has 0 N–H and O–H groups in total. The summed E-state index contributed by atoms with van der Waals surface area (Å²) in [5, 5.41) is 11.7. The standard InChI is InChI=1S/C18H15N3/c1-2-21(18-13-20-11-10-15(18)12-19)17-9-5-7-14-6-3-4-8-16(14)17/h3-11,13H,2H2,1H3. The molecule has 0 amide bonds. The summed E-state index contributed by atoms with van der Waals surface area (Å²) < 4.78 is 0. The maximum atomic E-state index is 9.32. The normalized spacial score (nSPS) is 10.3. The van der Waals surface area contributed by atoms with Crippen LogP contribution >= 0.6 is 0 Å². The van der Waals surface area contributed by atoms with Gasteiger partial charge in [-0.3, -0.25) is 4.98 Å². The maximum Gasteiger partial charge on any atom is 0.101 e. The zero-order chi connectivity index (χ0) is 14.7. The predicted octanol–water partition coefficient (Wildman–Crippen LogP) is 4.26. The molecule has 0 atom stereocenters. The van der Waals surface area contributed by atoms with Crippen LogP contribution in [0.2, 0.25) is 0 Å². The van der Waals surface area contributed by atoms with E-state index in [2.05, 4.69) is 47.1 Å². The van der Waals surface area contributed by atoms with Gasteiger partial charge in [0.2, 0.25) is 0 Å². The van der Waals surface area contributed by atoms with E-state index in [-0.39, 0.29) is 0 Å². The fraction of sp³-hybridized carbons (Fsp3) is 0.111. The van der Waals surface area contributed by atoms with Crippen LogP contribution in [0.25, 0.3) is 10.8 Å². The second-order valence-electron chi connectivity index (χ2n) is 4.75. The van der Waals surface area contributed by atoms with Gasteiger partial charge in [-0.05, 0) is 24.4 Å². The molecule has 0 aliphatic carbocycles. The molecule has 0 aliphatic rings. The molecule has 1 aromatic heterocycles. The van der Waals surface area contributed by atoms with E-state index in [1.54, 1.807) is 18.5 Å². The van der Waals surface area contributed by atoms with Crippen molar-refractivity contribution >= 4 is 22.1 Å². The number of anilines is 2. The molecule has 1 heterocycles. The molecular weight excluding hydrogens is 258 g/mol. The topological polar surface area (TPSA) is 39.9 Å². The monoisotopic (exact) mass is 273 g/mol. The number of nitrogens with zero attached hydrogens (tertiary/aromatic N) is 3. The van der Waals surface area contributed by atoms with Crippen molar-refractivity contribution in [3.05, 3.63) is 66.5 Å². The molecule has 0 radical (unpaired) electrons. The van der Waals surface area contributed by atoms with Gasteiger partial charge in [0, 0.05) is 23.8 Å². The third kappa shape index (κ3) is 2.32. The van der Waals surface area contributed by atoms with Crippen molar-refractivity contribution in [2.45, 2.75) is 6.92 Å². The third-order valence-corrected chi connectivity index (χ3v) is 3.58. The molecule has 102 valence electrons. The van der Waals surface area contributed by atoms with Gasteiger partial charge in [-0.25, -0.2) is 0 Å². The highest BCUT2D eigenvalue weighted by molar-refractivity contribution is 5.96. The van der Waals surface area contributed by atoms with Gasteiger partial charge in [0.25, 0.3) is 0 Å². The highest BCUT2D eigenvalue weighted by atomic mass is 15.1. The Bertz CT molecular complexity index is 813. The van der Waals surface area contributed by atoms with Crippen LogP contribution in [0.15, 0.2) is 60.9 Å². The van der Waals surface area contributed by atoms with Gasteiger partial charge in [-0.1, -0.05) is 36.4 Å². The Labute approximate surface area is 124 Å². The Kier molecular flexibility index (Phi) is 3.53. The van der Waals surface area contributed by atoms with Gasteiger partial charge >= 0.3 is 0 Å². The van der Waals surface area contributed by atoms with Crippen molar-refractivity contribution in [2.75, 3.05) is 11.4 Å². The quantitative estimate of drug-likeness (QED) is 0.715. The molecular formula is C18H15N3. The van der Waals surface area contributed by atoms with E-state index in [0.29, 0.717) is 5.56 Å². The number of benzene rings is 2. The van der Waals surface area contributed by atoms with Gasteiger partial charge in [0.15, 0.2) is 0 Å². The zero-order valence-electron chi connectivity index (χ0n) is 11.8. The van der Waals surface area contributed by atoms with Crippen molar-refractivity contribution in [3.8, 4) is 6.07 Å². The minimum Gasteiger partial charge on any atom is -0.339 e. The maximum absolute atomic E-state index is 9.32. The molecule has 3 aromatic rings. The van der Waals surface area contributed by atoms with Crippen LogP contribution in [-0.4, -0.2) is 11.5 Å². The summed E-state index contributed by atoms with van der Waals surface area (Å²) >= 11 is 0.